The molecule has 0 spiro atoms. The molecule has 1 aliphatic heterocycles. The van der Waals surface area contributed by atoms with Crippen molar-refractivity contribution >= 4 is 11.7 Å². The number of carbonyl (C=O) groups is 1. The second-order valence-corrected chi connectivity index (χ2v) is 7.38. The molecule has 0 amide bonds. The Labute approximate surface area is 181 Å². The van der Waals surface area contributed by atoms with Crippen LogP contribution in [0.5, 0.6) is 5.75 Å². The number of ether oxygens (including phenoxy) is 2. The van der Waals surface area contributed by atoms with Gasteiger partial charge in [-0.1, -0.05) is 12.1 Å². The van der Waals surface area contributed by atoms with Crippen molar-refractivity contribution in [3.8, 4) is 5.75 Å². The van der Waals surface area contributed by atoms with Gasteiger partial charge in [0.25, 0.3) is 0 Å². The lowest BCUT2D eigenvalue weighted by atomic mass is 10.1. The predicted molar refractivity (Wildman–Crippen MR) is 106 cm³/mol. The first-order chi connectivity index (χ1) is 15.1. The molecule has 2 aromatic rings. The molecule has 1 fully saturated rings. The van der Waals surface area contributed by atoms with E-state index in [0.717, 1.165) is 12.1 Å². The van der Waals surface area contributed by atoms with Gasteiger partial charge >= 0.3 is 12.1 Å². The van der Waals surface area contributed by atoms with E-state index < -0.39 is 36.7 Å². The Hall–Kier alpha value is -2.88. The number of hydrogen-bond donors (Lipinski definition) is 1. The first-order valence-corrected chi connectivity index (χ1v) is 9.94. The van der Waals surface area contributed by atoms with Crippen LogP contribution in [-0.2, 0) is 10.9 Å². The van der Waals surface area contributed by atoms with Crippen LogP contribution in [0.1, 0.15) is 28.8 Å². The molecule has 0 unspecified atom stereocenters. The summed E-state index contributed by atoms with van der Waals surface area (Å²) in [5.74, 6) is -0.876. The van der Waals surface area contributed by atoms with Gasteiger partial charge in [0, 0.05) is 12.8 Å². The van der Waals surface area contributed by atoms with Gasteiger partial charge in [0.15, 0.2) is 0 Å². The van der Waals surface area contributed by atoms with E-state index >= 15 is 0 Å². The summed E-state index contributed by atoms with van der Waals surface area (Å²) in [6.45, 7) is 0.189. The summed E-state index contributed by atoms with van der Waals surface area (Å²) < 4.78 is 74.3. The quantitative estimate of drug-likeness (QED) is 0.418. The van der Waals surface area contributed by atoms with Crippen LogP contribution in [0.15, 0.2) is 48.5 Å². The van der Waals surface area contributed by atoms with E-state index in [4.69, 9.17) is 9.47 Å². The van der Waals surface area contributed by atoms with Crippen LogP contribution in [0, 0.1) is 0 Å². The second kappa shape index (κ2) is 10.2. The number of para-hydroxylation sites is 1. The van der Waals surface area contributed by atoms with Crippen LogP contribution >= 0.6 is 0 Å². The van der Waals surface area contributed by atoms with Crippen molar-refractivity contribution in [2.45, 2.75) is 37.6 Å². The maximum absolute atomic E-state index is 12.8. The number of benzene rings is 2. The lowest BCUT2D eigenvalue weighted by Gasteiger charge is -2.27. The van der Waals surface area contributed by atoms with Crippen molar-refractivity contribution in [2.24, 2.45) is 0 Å². The number of nitrogens with zero attached hydrogens (tertiary/aromatic N) is 1. The minimum atomic E-state index is -4.45. The molecule has 32 heavy (non-hydrogen) atoms. The summed E-state index contributed by atoms with van der Waals surface area (Å²) in [6, 6.07) is 10.3. The van der Waals surface area contributed by atoms with E-state index in [1.807, 2.05) is 0 Å². The first-order valence-electron chi connectivity index (χ1n) is 9.94. The van der Waals surface area contributed by atoms with Gasteiger partial charge in [-0.3, -0.25) is 0 Å². The Bertz CT molecular complexity index is 904. The summed E-state index contributed by atoms with van der Waals surface area (Å²) in [4.78, 5) is 13.4. The molecular formula is C22H22F5NO4. The van der Waals surface area contributed by atoms with E-state index in [9.17, 15) is 31.9 Å². The summed E-state index contributed by atoms with van der Waals surface area (Å²) in [5, 5.41) is 9.52. The van der Waals surface area contributed by atoms with Crippen LogP contribution in [0.3, 0.4) is 0 Å². The van der Waals surface area contributed by atoms with Crippen molar-refractivity contribution in [3.05, 3.63) is 59.7 Å². The summed E-state index contributed by atoms with van der Waals surface area (Å²) in [5.41, 5.74) is -0.292. The average Bonchev–Trinajstić information content (AvgIpc) is 3.13. The standard InChI is InChI=1S/C22H22F5NO4/c23-20(24)9-10-31-13-15-11-17(32-16-7-5-14(6-8-16)22(25,26)27)12-28(15)19-4-2-1-3-18(19)21(29)30/h1-8,15,17,20H,9-13H2,(H,29,30)/t15-,17+/m0/s1. The maximum Gasteiger partial charge on any atom is 0.416 e. The lowest BCUT2D eigenvalue weighted by molar-refractivity contribution is -0.137. The van der Waals surface area contributed by atoms with Crippen LogP contribution in [-0.4, -0.2) is 49.4 Å². The molecule has 3 rings (SSSR count). The summed E-state index contributed by atoms with van der Waals surface area (Å²) in [7, 11) is 0. The topological polar surface area (TPSA) is 59.0 Å². The normalized spacial score (nSPS) is 18.9. The maximum atomic E-state index is 12.8. The van der Waals surface area contributed by atoms with E-state index in [-0.39, 0.29) is 37.1 Å². The lowest BCUT2D eigenvalue weighted by Crippen LogP contribution is -2.34. The highest BCUT2D eigenvalue weighted by Crippen LogP contribution is 2.33. The van der Waals surface area contributed by atoms with Gasteiger partial charge in [-0.2, -0.15) is 13.2 Å². The fraction of sp³-hybridized carbons (Fsp3) is 0.409. The Kier molecular flexibility index (Phi) is 7.55. The van der Waals surface area contributed by atoms with Crippen LogP contribution < -0.4 is 9.64 Å². The molecule has 174 valence electrons. The molecule has 1 N–H and O–H groups in total. The predicted octanol–water partition coefficient (Wildman–Crippen LogP) is 5.10. The Morgan fingerprint density at radius 1 is 1.12 bits per heavy atom. The minimum absolute atomic E-state index is 0.0697. The Morgan fingerprint density at radius 3 is 2.44 bits per heavy atom. The molecule has 2 aromatic carbocycles. The molecule has 1 aliphatic rings. The number of rotatable bonds is 9. The third kappa shape index (κ3) is 6.09. The number of hydrogen-bond acceptors (Lipinski definition) is 4. The van der Waals surface area contributed by atoms with Crippen molar-refractivity contribution in [1.29, 1.82) is 0 Å². The zero-order chi connectivity index (χ0) is 23.3. The van der Waals surface area contributed by atoms with Crippen LogP contribution in [0.25, 0.3) is 0 Å². The molecular weight excluding hydrogens is 437 g/mol. The number of carboxylic acid groups (broad SMARTS) is 1. The second-order valence-electron chi connectivity index (χ2n) is 7.38. The highest BCUT2D eigenvalue weighted by molar-refractivity contribution is 5.94. The van der Waals surface area contributed by atoms with Crippen molar-refractivity contribution in [1.82, 2.24) is 0 Å². The minimum Gasteiger partial charge on any atom is -0.489 e. The van der Waals surface area contributed by atoms with Gasteiger partial charge in [0.2, 0.25) is 6.43 Å². The summed E-state index contributed by atoms with van der Waals surface area (Å²) >= 11 is 0. The van der Waals surface area contributed by atoms with Crippen LogP contribution in [0.2, 0.25) is 0 Å². The van der Waals surface area contributed by atoms with Crippen molar-refractivity contribution < 1.29 is 41.3 Å². The van der Waals surface area contributed by atoms with E-state index in [2.05, 4.69) is 0 Å². The number of halogens is 5. The van der Waals surface area contributed by atoms with Gasteiger partial charge in [0.1, 0.15) is 11.9 Å². The molecule has 1 saturated heterocycles. The van der Waals surface area contributed by atoms with Gasteiger partial charge < -0.3 is 19.5 Å². The highest BCUT2D eigenvalue weighted by Gasteiger charge is 2.36. The molecule has 0 radical (unpaired) electrons. The third-order valence-corrected chi connectivity index (χ3v) is 5.09. The van der Waals surface area contributed by atoms with Gasteiger partial charge in [0.05, 0.1) is 42.6 Å². The fourth-order valence-corrected chi connectivity index (χ4v) is 3.62. The number of aromatic carboxylic acids is 1. The number of anilines is 1. The molecule has 2 atom stereocenters. The van der Waals surface area contributed by atoms with Gasteiger partial charge in [-0.05, 0) is 36.4 Å². The highest BCUT2D eigenvalue weighted by atomic mass is 19.4. The molecule has 1 heterocycles. The largest absolute Gasteiger partial charge is 0.489 e. The molecule has 0 aromatic heterocycles. The molecule has 0 aliphatic carbocycles. The average molecular weight is 459 g/mol. The zero-order valence-electron chi connectivity index (χ0n) is 16.9. The Balaban J connectivity index is 1.75. The van der Waals surface area contributed by atoms with Crippen LogP contribution in [0.4, 0.5) is 27.6 Å². The summed E-state index contributed by atoms with van der Waals surface area (Å²) in [6.07, 6.45) is -7.44. The molecule has 0 saturated carbocycles. The molecule has 0 bridgehead atoms. The SMILES string of the molecule is O=C(O)c1ccccc1N1C[C@H](Oc2ccc(C(F)(F)F)cc2)C[C@H]1COCCC(F)F. The van der Waals surface area contributed by atoms with E-state index in [1.165, 1.54) is 18.2 Å². The fourth-order valence-electron chi connectivity index (χ4n) is 3.62. The van der Waals surface area contributed by atoms with E-state index in [1.54, 1.807) is 23.1 Å². The van der Waals surface area contributed by atoms with Crippen molar-refractivity contribution in [2.75, 3.05) is 24.7 Å². The Morgan fingerprint density at radius 2 is 1.81 bits per heavy atom. The molecule has 5 nitrogen and oxygen atoms in total. The molecule has 10 heteroatoms. The zero-order valence-corrected chi connectivity index (χ0v) is 16.9. The number of carboxylic acids is 1. The van der Waals surface area contributed by atoms with Gasteiger partial charge in [-0.15, -0.1) is 0 Å². The third-order valence-electron chi connectivity index (χ3n) is 5.09. The first kappa shape index (κ1) is 23.8. The smallest absolute Gasteiger partial charge is 0.416 e. The van der Waals surface area contributed by atoms with E-state index in [0.29, 0.717) is 12.1 Å². The monoisotopic (exact) mass is 459 g/mol. The van der Waals surface area contributed by atoms with Gasteiger partial charge in [-0.25, -0.2) is 13.6 Å². The van der Waals surface area contributed by atoms with Crippen molar-refractivity contribution in [3.63, 3.8) is 0 Å². The number of alkyl halides is 5.